The first-order valence-electron chi connectivity index (χ1n) is 8.06. The molecule has 1 aliphatic heterocycles. The lowest BCUT2D eigenvalue weighted by molar-refractivity contribution is -0.145. The summed E-state index contributed by atoms with van der Waals surface area (Å²) < 4.78 is 0.973. The lowest BCUT2D eigenvalue weighted by Gasteiger charge is -2.40. The van der Waals surface area contributed by atoms with Crippen LogP contribution in [0.4, 0.5) is 0 Å². The average Bonchev–Trinajstić information content (AvgIpc) is 2.57. The molecule has 0 bridgehead atoms. The Kier molecular flexibility index (Phi) is 5.59. The van der Waals surface area contributed by atoms with E-state index in [0.29, 0.717) is 11.4 Å². The van der Waals surface area contributed by atoms with E-state index < -0.39 is 12.0 Å². The molecule has 2 aromatic rings. The van der Waals surface area contributed by atoms with Gasteiger partial charge in [-0.15, -0.1) is 0 Å². The first-order valence-corrected chi connectivity index (χ1v) is 9.23. The number of carboxylic acid groups (broad SMARTS) is 1. The average molecular weight is 409 g/mol. The van der Waals surface area contributed by atoms with Gasteiger partial charge in [0.05, 0.1) is 6.04 Å². The topological polar surface area (TPSA) is 40.5 Å². The zero-order valence-electron chi connectivity index (χ0n) is 13.2. The number of benzene rings is 2. The van der Waals surface area contributed by atoms with Crippen molar-refractivity contribution in [2.75, 3.05) is 6.54 Å². The van der Waals surface area contributed by atoms with E-state index in [9.17, 15) is 9.90 Å². The summed E-state index contributed by atoms with van der Waals surface area (Å²) in [5.74, 6) is -0.762. The molecular formula is C19H19BrClNO2. The van der Waals surface area contributed by atoms with Crippen LogP contribution in [0.2, 0.25) is 5.02 Å². The molecule has 3 nitrogen and oxygen atoms in total. The van der Waals surface area contributed by atoms with E-state index in [4.69, 9.17) is 11.6 Å². The van der Waals surface area contributed by atoms with Gasteiger partial charge in [0.2, 0.25) is 0 Å². The van der Waals surface area contributed by atoms with E-state index in [0.717, 1.165) is 35.0 Å². The van der Waals surface area contributed by atoms with Gasteiger partial charge in [-0.25, -0.2) is 0 Å². The third-order valence-corrected chi connectivity index (χ3v) is 5.36. The van der Waals surface area contributed by atoms with Gasteiger partial charge in [0.1, 0.15) is 6.04 Å². The molecule has 3 rings (SSSR count). The van der Waals surface area contributed by atoms with Gasteiger partial charge < -0.3 is 5.11 Å². The van der Waals surface area contributed by atoms with Gasteiger partial charge in [0.25, 0.3) is 0 Å². The van der Waals surface area contributed by atoms with Gasteiger partial charge in [0.15, 0.2) is 0 Å². The summed E-state index contributed by atoms with van der Waals surface area (Å²) in [6, 6.07) is 15.1. The number of hydrogen-bond acceptors (Lipinski definition) is 2. The van der Waals surface area contributed by atoms with Crippen LogP contribution < -0.4 is 0 Å². The Bertz CT molecular complexity index is 737. The first-order chi connectivity index (χ1) is 11.6. The van der Waals surface area contributed by atoms with Crippen LogP contribution in [0.15, 0.2) is 53.0 Å². The minimum atomic E-state index is -0.762. The van der Waals surface area contributed by atoms with E-state index in [-0.39, 0.29) is 6.04 Å². The number of rotatable bonds is 4. The van der Waals surface area contributed by atoms with Crippen molar-refractivity contribution in [3.8, 4) is 0 Å². The molecule has 126 valence electrons. The standard InChI is InChI=1S/C19H19BrClNO2/c20-14-7-5-6-13(12-14)18(15-8-1-2-9-16(15)21)22-11-4-3-10-17(22)19(23)24/h1-2,5-9,12,17-18H,3-4,10-11H2,(H,23,24). The van der Waals surface area contributed by atoms with E-state index >= 15 is 0 Å². The molecular weight excluding hydrogens is 390 g/mol. The highest BCUT2D eigenvalue weighted by atomic mass is 79.9. The largest absolute Gasteiger partial charge is 0.480 e. The maximum absolute atomic E-state index is 11.8. The number of likely N-dealkylation sites (tertiary alicyclic amines) is 1. The summed E-state index contributed by atoms with van der Waals surface area (Å²) in [6.45, 7) is 0.749. The Morgan fingerprint density at radius 2 is 2.00 bits per heavy atom. The summed E-state index contributed by atoms with van der Waals surface area (Å²) in [7, 11) is 0. The minimum Gasteiger partial charge on any atom is -0.480 e. The van der Waals surface area contributed by atoms with Crippen LogP contribution in [-0.2, 0) is 4.79 Å². The molecule has 5 heteroatoms. The Morgan fingerprint density at radius 1 is 1.21 bits per heavy atom. The molecule has 0 spiro atoms. The molecule has 1 heterocycles. The van der Waals surface area contributed by atoms with Gasteiger partial charge in [-0.05, 0) is 48.7 Å². The fraction of sp³-hybridized carbons (Fsp3) is 0.316. The summed E-state index contributed by atoms with van der Waals surface area (Å²) in [5.41, 5.74) is 2.00. The van der Waals surface area contributed by atoms with Gasteiger partial charge in [-0.1, -0.05) is 64.3 Å². The van der Waals surface area contributed by atoms with Gasteiger partial charge in [-0.3, -0.25) is 9.69 Å². The SMILES string of the molecule is O=C(O)C1CCCCN1C(c1cccc(Br)c1)c1ccccc1Cl. The third kappa shape index (κ3) is 3.66. The molecule has 0 aromatic heterocycles. The fourth-order valence-corrected chi connectivity index (χ4v) is 4.11. The smallest absolute Gasteiger partial charge is 0.320 e. The summed E-state index contributed by atoms with van der Waals surface area (Å²) in [4.78, 5) is 13.9. The fourth-order valence-electron chi connectivity index (χ4n) is 3.45. The van der Waals surface area contributed by atoms with Crippen molar-refractivity contribution in [2.24, 2.45) is 0 Å². The number of piperidine rings is 1. The second kappa shape index (κ2) is 7.68. The number of carboxylic acids is 1. The zero-order valence-corrected chi connectivity index (χ0v) is 15.5. The summed E-state index contributed by atoms with van der Waals surface area (Å²) in [6.07, 6.45) is 2.62. The number of halogens is 2. The van der Waals surface area contributed by atoms with Crippen molar-refractivity contribution in [3.63, 3.8) is 0 Å². The molecule has 24 heavy (non-hydrogen) atoms. The molecule has 2 unspecified atom stereocenters. The van der Waals surface area contributed by atoms with Crippen LogP contribution in [0.25, 0.3) is 0 Å². The summed E-state index contributed by atoms with van der Waals surface area (Å²) >= 11 is 9.99. The lowest BCUT2D eigenvalue weighted by Crippen LogP contribution is -2.46. The normalized spacial score (nSPS) is 19.8. The summed E-state index contributed by atoms with van der Waals surface area (Å²) in [5, 5.41) is 10.4. The van der Waals surface area contributed by atoms with E-state index in [1.807, 2.05) is 48.5 Å². The zero-order chi connectivity index (χ0) is 17.1. The number of hydrogen-bond donors (Lipinski definition) is 1. The van der Waals surface area contributed by atoms with Crippen molar-refractivity contribution >= 4 is 33.5 Å². The number of nitrogens with zero attached hydrogens (tertiary/aromatic N) is 1. The van der Waals surface area contributed by atoms with E-state index in [2.05, 4.69) is 20.8 Å². The van der Waals surface area contributed by atoms with Crippen molar-refractivity contribution in [3.05, 3.63) is 69.2 Å². The molecule has 0 amide bonds. The second-order valence-corrected chi connectivity index (χ2v) is 7.39. The Hall–Kier alpha value is -1.36. The Balaban J connectivity index is 2.11. The van der Waals surface area contributed by atoms with Crippen molar-refractivity contribution in [2.45, 2.75) is 31.3 Å². The predicted molar refractivity (Wildman–Crippen MR) is 99.4 cm³/mol. The highest BCUT2D eigenvalue weighted by molar-refractivity contribution is 9.10. The predicted octanol–water partition coefficient (Wildman–Crippen LogP) is 5.13. The van der Waals surface area contributed by atoms with Crippen molar-refractivity contribution in [1.29, 1.82) is 0 Å². The van der Waals surface area contributed by atoms with E-state index in [1.54, 1.807) is 0 Å². The molecule has 1 fully saturated rings. The van der Waals surface area contributed by atoms with Crippen LogP contribution >= 0.6 is 27.5 Å². The highest BCUT2D eigenvalue weighted by Gasteiger charge is 2.35. The lowest BCUT2D eigenvalue weighted by atomic mass is 9.91. The highest BCUT2D eigenvalue weighted by Crippen LogP contribution is 2.37. The molecule has 0 aliphatic carbocycles. The van der Waals surface area contributed by atoms with Gasteiger partial charge in [0, 0.05) is 9.50 Å². The molecule has 1 saturated heterocycles. The molecule has 2 aromatic carbocycles. The third-order valence-electron chi connectivity index (χ3n) is 4.53. The van der Waals surface area contributed by atoms with Crippen LogP contribution in [0.5, 0.6) is 0 Å². The van der Waals surface area contributed by atoms with Crippen LogP contribution in [0.3, 0.4) is 0 Å². The monoisotopic (exact) mass is 407 g/mol. The quantitative estimate of drug-likeness (QED) is 0.762. The minimum absolute atomic E-state index is 0.169. The van der Waals surface area contributed by atoms with Gasteiger partial charge in [-0.2, -0.15) is 0 Å². The Morgan fingerprint density at radius 3 is 2.71 bits per heavy atom. The number of carbonyl (C=O) groups is 1. The molecule has 1 N–H and O–H groups in total. The van der Waals surface area contributed by atoms with Crippen molar-refractivity contribution in [1.82, 2.24) is 4.90 Å². The second-order valence-electron chi connectivity index (χ2n) is 6.07. The van der Waals surface area contributed by atoms with E-state index in [1.165, 1.54) is 0 Å². The number of aliphatic carboxylic acids is 1. The Labute approximate surface area is 155 Å². The molecule has 1 aliphatic rings. The first kappa shape index (κ1) is 17.5. The molecule has 0 radical (unpaired) electrons. The van der Waals surface area contributed by atoms with Crippen LogP contribution in [0.1, 0.15) is 36.4 Å². The van der Waals surface area contributed by atoms with Crippen LogP contribution in [-0.4, -0.2) is 28.6 Å². The van der Waals surface area contributed by atoms with Gasteiger partial charge >= 0.3 is 5.97 Å². The van der Waals surface area contributed by atoms with Crippen molar-refractivity contribution < 1.29 is 9.90 Å². The molecule has 0 saturated carbocycles. The van der Waals surface area contributed by atoms with Crippen LogP contribution in [0, 0.1) is 0 Å². The maximum atomic E-state index is 11.8. The molecule has 2 atom stereocenters. The maximum Gasteiger partial charge on any atom is 0.320 e.